The molecule has 0 spiro atoms. The van der Waals surface area contributed by atoms with Gasteiger partial charge >= 0.3 is 0 Å². The highest BCUT2D eigenvalue weighted by Crippen LogP contribution is 2.41. The molecular formula is C20H21NO5. The number of fused-ring (bicyclic) bond motifs is 2. The monoisotopic (exact) mass is 355 g/mol. The molecule has 6 nitrogen and oxygen atoms in total. The van der Waals surface area contributed by atoms with Crippen LogP contribution in [0.3, 0.4) is 0 Å². The highest BCUT2D eigenvalue weighted by molar-refractivity contribution is 6.15. The van der Waals surface area contributed by atoms with Crippen LogP contribution in [0.15, 0.2) is 29.3 Å². The summed E-state index contributed by atoms with van der Waals surface area (Å²) in [5.41, 5.74) is 4.03. The highest BCUT2D eigenvalue weighted by atomic mass is 16.7. The smallest absolute Gasteiger partial charge is 0.231 e. The van der Waals surface area contributed by atoms with Gasteiger partial charge in [0.25, 0.3) is 0 Å². The number of hydrogen-bond acceptors (Lipinski definition) is 6. The maximum Gasteiger partial charge on any atom is 0.231 e. The van der Waals surface area contributed by atoms with Crippen molar-refractivity contribution in [2.24, 2.45) is 4.99 Å². The molecule has 1 unspecified atom stereocenters. The summed E-state index contributed by atoms with van der Waals surface area (Å²) >= 11 is 0. The predicted molar refractivity (Wildman–Crippen MR) is 97.5 cm³/mol. The van der Waals surface area contributed by atoms with Crippen molar-refractivity contribution in [3.63, 3.8) is 0 Å². The van der Waals surface area contributed by atoms with Crippen LogP contribution in [-0.4, -0.2) is 39.9 Å². The van der Waals surface area contributed by atoms with Crippen LogP contribution in [0, 0.1) is 0 Å². The minimum atomic E-state index is 0.164. The highest BCUT2D eigenvalue weighted by Gasteiger charge is 2.26. The van der Waals surface area contributed by atoms with Gasteiger partial charge in [0.15, 0.2) is 23.0 Å². The van der Waals surface area contributed by atoms with Crippen LogP contribution >= 0.6 is 0 Å². The molecule has 0 aromatic heterocycles. The van der Waals surface area contributed by atoms with Crippen molar-refractivity contribution >= 4 is 5.71 Å². The van der Waals surface area contributed by atoms with Crippen LogP contribution in [-0.2, 0) is 6.42 Å². The van der Waals surface area contributed by atoms with E-state index in [0.29, 0.717) is 17.2 Å². The summed E-state index contributed by atoms with van der Waals surface area (Å²) in [7, 11) is 4.81. The minimum absolute atomic E-state index is 0.164. The van der Waals surface area contributed by atoms with Gasteiger partial charge in [-0.2, -0.15) is 0 Å². The first-order valence-electron chi connectivity index (χ1n) is 8.45. The fourth-order valence-corrected chi connectivity index (χ4v) is 3.48. The zero-order chi connectivity index (χ0) is 18.3. The van der Waals surface area contributed by atoms with Crippen LogP contribution in [0.2, 0.25) is 0 Å². The molecule has 0 saturated carbocycles. The van der Waals surface area contributed by atoms with Crippen LogP contribution in [0.25, 0.3) is 0 Å². The predicted octanol–water partition coefficient (Wildman–Crippen LogP) is 3.22. The third kappa shape index (κ3) is 2.62. The quantitative estimate of drug-likeness (QED) is 0.843. The third-order valence-corrected chi connectivity index (χ3v) is 4.66. The Hall–Kier alpha value is -2.89. The number of nitrogens with zero attached hydrogens (tertiary/aromatic N) is 1. The van der Waals surface area contributed by atoms with Gasteiger partial charge in [0.1, 0.15) is 0 Å². The standard InChI is InChI=1S/C20H21NO5/c1-11-5-12-6-15-16(26-10-25-15)9-14(12)19(21-11)13-7-17(22-2)20(24-4)18(8-13)23-3/h6-9,11H,5,10H2,1-4H3. The van der Waals surface area contributed by atoms with Gasteiger partial charge in [-0.1, -0.05) is 0 Å². The molecule has 0 amide bonds. The molecule has 0 aliphatic carbocycles. The van der Waals surface area contributed by atoms with E-state index in [-0.39, 0.29) is 12.8 Å². The Kier molecular flexibility index (Phi) is 4.11. The second-order valence-corrected chi connectivity index (χ2v) is 6.31. The number of aliphatic imine (C=N–C) groups is 1. The lowest BCUT2D eigenvalue weighted by molar-refractivity contribution is 0.174. The van der Waals surface area contributed by atoms with Crippen LogP contribution in [0.4, 0.5) is 0 Å². The van der Waals surface area contributed by atoms with Crippen molar-refractivity contribution in [2.75, 3.05) is 28.1 Å². The molecular weight excluding hydrogens is 334 g/mol. The molecule has 0 bridgehead atoms. The van der Waals surface area contributed by atoms with Crippen molar-refractivity contribution in [3.8, 4) is 28.7 Å². The van der Waals surface area contributed by atoms with E-state index < -0.39 is 0 Å². The van der Waals surface area contributed by atoms with Crippen LogP contribution in [0.5, 0.6) is 28.7 Å². The normalized spacial score (nSPS) is 17.4. The van der Waals surface area contributed by atoms with E-state index in [1.807, 2.05) is 18.2 Å². The maximum absolute atomic E-state index is 5.56. The molecule has 2 aromatic carbocycles. The third-order valence-electron chi connectivity index (χ3n) is 4.66. The van der Waals surface area contributed by atoms with Crippen LogP contribution in [0.1, 0.15) is 23.6 Å². The van der Waals surface area contributed by atoms with Gasteiger partial charge in [-0.15, -0.1) is 0 Å². The second-order valence-electron chi connectivity index (χ2n) is 6.31. The Bertz CT molecular complexity index is 865. The summed E-state index contributed by atoms with van der Waals surface area (Å²) in [5.74, 6) is 3.31. The van der Waals surface area contributed by atoms with Crippen molar-refractivity contribution in [2.45, 2.75) is 19.4 Å². The maximum atomic E-state index is 5.56. The molecule has 2 heterocycles. The van der Waals surface area contributed by atoms with Gasteiger partial charge in [0, 0.05) is 11.1 Å². The average molecular weight is 355 g/mol. The van der Waals surface area contributed by atoms with E-state index in [9.17, 15) is 0 Å². The average Bonchev–Trinajstić information content (AvgIpc) is 3.11. The lowest BCUT2D eigenvalue weighted by atomic mass is 9.90. The van der Waals surface area contributed by atoms with E-state index >= 15 is 0 Å². The van der Waals surface area contributed by atoms with Gasteiger partial charge in [-0.3, -0.25) is 4.99 Å². The number of methoxy groups -OCH3 is 3. The Morgan fingerprint density at radius 3 is 2.19 bits per heavy atom. The molecule has 0 fully saturated rings. The van der Waals surface area contributed by atoms with E-state index in [0.717, 1.165) is 34.8 Å². The first kappa shape index (κ1) is 16.6. The van der Waals surface area contributed by atoms with Gasteiger partial charge in [-0.05, 0) is 43.2 Å². The van der Waals surface area contributed by atoms with Crippen molar-refractivity contribution in [1.29, 1.82) is 0 Å². The van der Waals surface area contributed by atoms with Crippen LogP contribution < -0.4 is 23.7 Å². The molecule has 0 saturated heterocycles. The summed E-state index contributed by atoms with van der Waals surface area (Å²) < 4.78 is 27.5. The molecule has 26 heavy (non-hydrogen) atoms. The molecule has 2 aliphatic heterocycles. The molecule has 136 valence electrons. The lowest BCUT2D eigenvalue weighted by Gasteiger charge is -2.23. The summed E-state index contributed by atoms with van der Waals surface area (Å²) in [4.78, 5) is 4.89. The fourth-order valence-electron chi connectivity index (χ4n) is 3.48. The number of ether oxygens (including phenoxy) is 5. The Morgan fingerprint density at radius 1 is 0.923 bits per heavy atom. The minimum Gasteiger partial charge on any atom is -0.493 e. The lowest BCUT2D eigenvalue weighted by Crippen LogP contribution is -2.20. The van der Waals surface area contributed by atoms with Gasteiger partial charge in [0.2, 0.25) is 12.5 Å². The summed E-state index contributed by atoms with van der Waals surface area (Å²) in [6.45, 7) is 2.36. The Labute approximate surface area is 152 Å². The molecule has 0 N–H and O–H groups in total. The molecule has 6 heteroatoms. The van der Waals surface area contributed by atoms with E-state index in [1.165, 1.54) is 5.56 Å². The van der Waals surface area contributed by atoms with Gasteiger partial charge in [0.05, 0.1) is 33.1 Å². The summed E-state index contributed by atoms with van der Waals surface area (Å²) in [6.07, 6.45) is 0.861. The van der Waals surface area contributed by atoms with Gasteiger partial charge < -0.3 is 23.7 Å². The Balaban J connectivity index is 1.88. The van der Waals surface area contributed by atoms with E-state index in [2.05, 4.69) is 13.0 Å². The van der Waals surface area contributed by atoms with Gasteiger partial charge in [-0.25, -0.2) is 0 Å². The first-order valence-corrected chi connectivity index (χ1v) is 8.45. The van der Waals surface area contributed by atoms with E-state index in [1.54, 1.807) is 21.3 Å². The fraction of sp³-hybridized carbons (Fsp3) is 0.350. The SMILES string of the molecule is COc1cc(C2=NC(C)Cc3cc4c(cc32)OCO4)cc(OC)c1OC. The zero-order valence-electron chi connectivity index (χ0n) is 15.3. The largest absolute Gasteiger partial charge is 0.493 e. The summed E-state index contributed by atoms with van der Waals surface area (Å²) in [6, 6.07) is 8.07. The summed E-state index contributed by atoms with van der Waals surface area (Å²) in [5, 5.41) is 0. The number of rotatable bonds is 4. The van der Waals surface area contributed by atoms with Crippen molar-refractivity contribution in [3.05, 3.63) is 41.0 Å². The number of benzene rings is 2. The second kappa shape index (κ2) is 6.44. The molecule has 4 rings (SSSR count). The molecule has 2 aromatic rings. The zero-order valence-corrected chi connectivity index (χ0v) is 15.3. The molecule has 1 atom stereocenters. The Morgan fingerprint density at radius 2 is 1.58 bits per heavy atom. The molecule has 2 aliphatic rings. The molecule has 0 radical (unpaired) electrons. The van der Waals surface area contributed by atoms with E-state index in [4.69, 9.17) is 28.7 Å². The van der Waals surface area contributed by atoms with Crippen molar-refractivity contribution < 1.29 is 23.7 Å². The number of hydrogen-bond donors (Lipinski definition) is 0. The first-order chi connectivity index (χ1) is 12.6. The topological polar surface area (TPSA) is 58.5 Å². The van der Waals surface area contributed by atoms with Crippen molar-refractivity contribution in [1.82, 2.24) is 0 Å².